The highest BCUT2D eigenvalue weighted by Gasteiger charge is 2.28. The zero-order chi connectivity index (χ0) is 27.9. The van der Waals surface area contributed by atoms with E-state index in [0.717, 1.165) is 24.4 Å². The zero-order valence-electron chi connectivity index (χ0n) is 22.9. The minimum atomic E-state index is -0.249. The molecule has 40 heavy (non-hydrogen) atoms. The van der Waals surface area contributed by atoms with E-state index in [2.05, 4.69) is 63.4 Å². The molecule has 1 amide bonds. The van der Waals surface area contributed by atoms with Crippen molar-refractivity contribution in [1.29, 1.82) is 0 Å². The number of aromatic amines is 1. The summed E-state index contributed by atoms with van der Waals surface area (Å²) in [6.45, 7) is 4.55. The maximum Gasteiger partial charge on any atom is 0.255 e. The molecule has 3 aromatic carbocycles. The Morgan fingerprint density at radius 3 is 2.20 bits per heavy atom. The highest BCUT2D eigenvalue weighted by atomic mass is 32.2. The summed E-state index contributed by atoms with van der Waals surface area (Å²) in [7, 11) is 1.64. The second-order valence-corrected chi connectivity index (χ2v) is 10.9. The molecule has 5 rings (SSSR count). The van der Waals surface area contributed by atoms with Gasteiger partial charge >= 0.3 is 0 Å². The predicted octanol–water partition coefficient (Wildman–Crippen LogP) is 4.86. The Bertz CT molecular complexity index is 1450. The minimum Gasteiger partial charge on any atom is -0.497 e. The number of methoxy groups -OCH3 is 1. The topological polar surface area (TPSA) is 78.5 Å². The van der Waals surface area contributed by atoms with Crippen LogP contribution in [0.1, 0.15) is 34.0 Å². The summed E-state index contributed by atoms with van der Waals surface area (Å²) in [6, 6.07) is 28.9. The summed E-state index contributed by atoms with van der Waals surface area (Å²) in [5.74, 6) is 1.40. The Balaban J connectivity index is 1.21. The summed E-state index contributed by atoms with van der Waals surface area (Å²) in [5, 5.41) is 0.544. The Morgan fingerprint density at radius 2 is 1.60 bits per heavy atom. The van der Waals surface area contributed by atoms with Crippen molar-refractivity contribution in [1.82, 2.24) is 19.8 Å². The minimum absolute atomic E-state index is 0.0391. The van der Waals surface area contributed by atoms with Crippen molar-refractivity contribution in [2.75, 3.05) is 33.3 Å². The van der Waals surface area contributed by atoms with Gasteiger partial charge in [0.15, 0.2) is 5.16 Å². The first kappa shape index (κ1) is 27.7. The number of amides is 1. The van der Waals surface area contributed by atoms with E-state index in [4.69, 9.17) is 4.74 Å². The van der Waals surface area contributed by atoms with E-state index in [1.54, 1.807) is 14.0 Å². The van der Waals surface area contributed by atoms with Crippen molar-refractivity contribution < 1.29 is 9.53 Å². The fourth-order valence-corrected chi connectivity index (χ4v) is 6.00. The molecule has 0 unspecified atom stereocenters. The van der Waals surface area contributed by atoms with E-state index in [9.17, 15) is 9.59 Å². The van der Waals surface area contributed by atoms with Crippen LogP contribution in [-0.2, 0) is 17.0 Å². The summed E-state index contributed by atoms with van der Waals surface area (Å²) < 4.78 is 5.28. The van der Waals surface area contributed by atoms with Gasteiger partial charge in [0.05, 0.1) is 19.6 Å². The van der Waals surface area contributed by atoms with Crippen molar-refractivity contribution in [3.8, 4) is 5.75 Å². The van der Waals surface area contributed by atoms with Gasteiger partial charge in [0.25, 0.3) is 5.56 Å². The van der Waals surface area contributed by atoms with Crippen LogP contribution in [0.3, 0.4) is 0 Å². The van der Waals surface area contributed by atoms with E-state index in [-0.39, 0.29) is 23.9 Å². The number of carbonyl (C=O) groups is 1. The van der Waals surface area contributed by atoms with Gasteiger partial charge in [-0.05, 0) is 35.7 Å². The van der Waals surface area contributed by atoms with Crippen LogP contribution in [0.15, 0.2) is 94.9 Å². The first-order chi connectivity index (χ1) is 19.5. The monoisotopic (exact) mass is 554 g/mol. The molecule has 1 aromatic heterocycles. The molecule has 0 spiro atoms. The number of nitrogens with one attached hydrogen (secondary N) is 1. The fraction of sp³-hybridized carbons (Fsp3) is 0.281. The molecule has 1 aliphatic heterocycles. The van der Waals surface area contributed by atoms with Crippen LogP contribution >= 0.6 is 11.8 Å². The summed E-state index contributed by atoms with van der Waals surface area (Å²) in [5.41, 5.74) is 4.34. The van der Waals surface area contributed by atoms with Crippen LogP contribution in [0.5, 0.6) is 5.75 Å². The molecule has 0 aliphatic carbocycles. The standard InChI is InChI=1S/C32H34N4O3S/c1-23-28(31(38)34-32(33-23)40-22-24-10-9-15-27(20-24)39-2)21-29(37)35-16-18-36(19-17-35)30(25-11-5-3-6-12-25)26-13-7-4-8-14-26/h3-15,20,30H,16-19,21-22H2,1-2H3,(H,33,34,38). The lowest BCUT2D eigenvalue weighted by Gasteiger charge is -2.39. The molecular formula is C32H34N4O3S. The van der Waals surface area contributed by atoms with Crippen LogP contribution in [0.2, 0.25) is 0 Å². The molecule has 4 aromatic rings. The van der Waals surface area contributed by atoms with Crippen LogP contribution in [0.4, 0.5) is 0 Å². The zero-order valence-corrected chi connectivity index (χ0v) is 23.7. The number of nitrogens with zero attached hydrogens (tertiary/aromatic N) is 3. The summed E-state index contributed by atoms with van der Waals surface area (Å²) in [6.07, 6.45) is 0.0514. The maximum atomic E-state index is 13.3. The van der Waals surface area contributed by atoms with E-state index >= 15 is 0 Å². The number of hydrogen-bond donors (Lipinski definition) is 1. The molecule has 0 radical (unpaired) electrons. The number of hydrogen-bond acceptors (Lipinski definition) is 6. The van der Waals surface area contributed by atoms with E-state index < -0.39 is 0 Å². The third-order valence-corrected chi connectivity index (χ3v) is 8.25. The van der Waals surface area contributed by atoms with Gasteiger partial charge in [-0.15, -0.1) is 0 Å². The van der Waals surface area contributed by atoms with Crippen molar-refractivity contribution >= 4 is 17.7 Å². The van der Waals surface area contributed by atoms with Crippen LogP contribution in [0.25, 0.3) is 0 Å². The van der Waals surface area contributed by atoms with Crippen molar-refractivity contribution in [2.24, 2.45) is 0 Å². The molecule has 206 valence electrons. The molecule has 1 aliphatic rings. The molecule has 7 nitrogen and oxygen atoms in total. The normalized spacial score (nSPS) is 13.9. The number of thioether (sulfide) groups is 1. The number of ether oxygens (including phenoxy) is 1. The Morgan fingerprint density at radius 1 is 0.950 bits per heavy atom. The van der Waals surface area contributed by atoms with Crippen molar-refractivity contribution in [2.45, 2.75) is 30.3 Å². The van der Waals surface area contributed by atoms with E-state index in [0.29, 0.717) is 35.3 Å². The van der Waals surface area contributed by atoms with E-state index in [1.165, 1.54) is 22.9 Å². The van der Waals surface area contributed by atoms with Gasteiger partial charge in [0.2, 0.25) is 5.91 Å². The summed E-state index contributed by atoms with van der Waals surface area (Å²) in [4.78, 5) is 38.0. The lowest BCUT2D eigenvalue weighted by Crippen LogP contribution is -2.50. The molecule has 1 saturated heterocycles. The van der Waals surface area contributed by atoms with E-state index in [1.807, 2.05) is 41.3 Å². The quantitative estimate of drug-likeness (QED) is 0.235. The fourth-order valence-electron chi connectivity index (χ4n) is 5.15. The Kier molecular flexibility index (Phi) is 8.98. The van der Waals surface area contributed by atoms with Crippen LogP contribution in [0, 0.1) is 6.92 Å². The number of aryl methyl sites for hydroxylation is 1. The van der Waals surface area contributed by atoms with Crippen LogP contribution < -0.4 is 10.3 Å². The molecule has 0 saturated carbocycles. The lowest BCUT2D eigenvalue weighted by atomic mass is 9.96. The first-order valence-electron chi connectivity index (χ1n) is 13.5. The molecule has 0 bridgehead atoms. The molecular weight excluding hydrogens is 520 g/mol. The molecule has 1 fully saturated rings. The maximum absolute atomic E-state index is 13.3. The van der Waals surface area contributed by atoms with Gasteiger partial charge < -0.3 is 14.6 Å². The number of benzene rings is 3. The predicted molar refractivity (Wildman–Crippen MR) is 159 cm³/mol. The smallest absolute Gasteiger partial charge is 0.255 e. The van der Waals surface area contributed by atoms with Crippen molar-refractivity contribution in [3.05, 3.63) is 123 Å². The average molecular weight is 555 g/mol. The van der Waals surface area contributed by atoms with Crippen LogP contribution in [-0.4, -0.2) is 59.0 Å². The molecule has 8 heteroatoms. The lowest BCUT2D eigenvalue weighted by molar-refractivity contribution is -0.132. The second kappa shape index (κ2) is 13.0. The Labute approximate surface area is 239 Å². The Hall–Kier alpha value is -3.88. The second-order valence-electron chi connectivity index (χ2n) is 9.89. The van der Waals surface area contributed by atoms with Gasteiger partial charge in [0, 0.05) is 43.2 Å². The van der Waals surface area contributed by atoms with Gasteiger partial charge in [-0.25, -0.2) is 4.98 Å². The number of rotatable bonds is 9. The third kappa shape index (κ3) is 6.63. The number of H-pyrrole nitrogens is 1. The van der Waals surface area contributed by atoms with Gasteiger partial charge in [-0.1, -0.05) is 84.6 Å². The highest BCUT2D eigenvalue weighted by Crippen LogP contribution is 2.29. The third-order valence-electron chi connectivity index (χ3n) is 7.30. The molecule has 0 atom stereocenters. The largest absolute Gasteiger partial charge is 0.497 e. The van der Waals surface area contributed by atoms with Gasteiger partial charge in [0.1, 0.15) is 5.75 Å². The van der Waals surface area contributed by atoms with Crippen molar-refractivity contribution in [3.63, 3.8) is 0 Å². The molecule has 2 heterocycles. The van der Waals surface area contributed by atoms with Gasteiger partial charge in [-0.2, -0.15) is 0 Å². The molecule has 1 N–H and O–H groups in total. The number of piperazine rings is 1. The number of aromatic nitrogens is 2. The van der Waals surface area contributed by atoms with Gasteiger partial charge in [-0.3, -0.25) is 14.5 Å². The SMILES string of the molecule is COc1cccc(CSc2nc(C)c(CC(=O)N3CCN(C(c4ccccc4)c4ccccc4)CC3)c(=O)[nH]2)c1. The number of carbonyl (C=O) groups excluding carboxylic acids is 1. The average Bonchev–Trinajstić information content (AvgIpc) is 2.99. The first-order valence-corrected chi connectivity index (χ1v) is 14.5. The summed E-state index contributed by atoms with van der Waals surface area (Å²) >= 11 is 1.45. The highest BCUT2D eigenvalue weighted by molar-refractivity contribution is 7.98.